The molecule has 1 aromatic heterocycles. The van der Waals surface area contributed by atoms with Crippen molar-refractivity contribution in [1.82, 2.24) is 9.97 Å². The monoisotopic (exact) mass is 313 g/mol. The summed E-state index contributed by atoms with van der Waals surface area (Å²) in [5.41, 5.74) is 7.67. The van der Waals surface area contributed by atoms with Gasteiger partial charge in [0.15, 0.2) is 16.3 Å². The molecule has 0 saturated carbocycles. The highest BCUT2D eigenvalue weighted by Gasteiger charge is 2.12. The first-order chi connectivity index (χ1) is 8.65. The summed E-state index contributed by atoms with van der Waals surface area (Å²) in [6, 6.07) is 4.75. The number of nitrogens with zero attached hydrogens (tertiary/aromatic N) is 1. The van der Waals surface area contributed by atoms with Crippen LogP contribution in [0.2, 0.25) is 0 Å². The maximum absolute atomic E-state index is 13.8. The summed E-state index contributed by atoms with van der Waals surface area (Å²) >= 11 is 3.24. The average Bonchev–Trinajstić information content (AvgIpc) is 2.73. The van der Waals surface area contributed by atoms with Crippen LogP contribution >= 0.6 is 15.9 Å². The van der Waals surface area contributed by atoms with E-state index < -0.39 is 5.82 Å². The number of aromatic amines is 1. The largest absolute Gasteiger partial charge is 0.491 e. The lowest BCUT2D eigenvalue weighted by Gasteiger charge is -2.06. The number of nitrogens with two attached hydrogens (primary N) is 1. The first-order valence-corrected chi connectivity index (χ1v) is 6.32. The highest BCUT2D eigenvalue weighted by Crippen LogP contribution is 2.27. The third kappa shape index (κ3) is 2.54. The van der Waals surface area contributed by atoms with E-state index in [1.54, 1.807) is 12.1 Å². The van der Waals surface area contributed by atoms with Gasteiger partial charge in [0.05, 0.1) is 18.0 Å². The van der Waals surface area contributed by atoms with E-state index in [9.17, 15) is 4.39 Å². The molecule has 0 aliphatic heterocycles. The fourth-order valence-electron chi connectivity index (χ4n) is 1.68. The minimum absolute atomic E-state index is 0.241. The molecule has 0 bridgehead atoms. The number of hydrogen-bond acceptors (Lipinski definition) is 3. The molecule has 0 aliphatic carbocycles. The van der Waals surface area contributed by atoms with Crippen LogP contribution in [0.4, 0.5) is 4.39 Å². The number of aromatic nitrogens is 2. The van der Waals surface area contributed by atoms with Crippen LogP contribution in [0.15, 0.2) is 22.9 Å². The molecule has 0 radical (unpaired) electrons. The lowest BCUT2D eigenvalue weighted by molar-refractivity contribution is 0.321. The van der Waals surface area contributed by atoms with Crippen LogP contribution in [0.3, 0.4) is 0 Å². The van der Waals surface area contributed by atoms with Gasteiger partial charge in [0.1, 0.15) is 0 Å². The van der Waals surface area contributed by atoms with E-state index in [-0.39, 0.29) is 5.75 Å². The van der Waals surface area contributed by atoms with Gasteiger partial charge in [-0.3, -0.25) is 0 Å². The van der Waals surface area contributed by atoms with Gasteiger partial charge in [-0.15, -0.1) is 0 Å². The topological polar surface area (TPSA) is 63.9 Å². The predicted octanol–water partition coefficient (Wildman–Crippen LogP) is 2.84. The number of halogens is 2. The number of rotatable bonds is 4. The number of H-pyrrole nitrogens is 1. The molecule has 0 unspecified atom stereocenters. The number of hydrogen-bond donors (Lipinski definition) is 2. The van der Waals surface area contributed by atoms with Crippen molar-refractivity contribution in [2.75, 3.05) is 6.61 Å². The van der Waals surface area contributed by atoms with Crippen LogP contribution in [-0.4, -0.2) is 16.6 Å². The molecular formula is C12H13BrFN3O. The van der Waals surface area contributed by atoms with Gasteiger partial charge in [0, 0.05) is 12.1 Å². The van der Waals surface area contributed by atoms with Gasteiger partial charge in [-0.05, 0) is 41.1 Å². The Labute approximate surface area is 112 Å². The summed E-state index contributed by atoms with van der Waals surface area (Å²) in [5, 5.41) is 0. The zero-order valence-corrected chi connectivity index (χ0v) is 11.4. The maximum atomic E-state index is 13.8. The Hall–Kier alpha value is -1.40. The second-order valence-corrected chi connectivity index (χ2v) is 4.39. The lowest BCUT2D eigenvalue weighted by Crippen LogP contribution is -1.99. The lowest BCUT2D eigenvalue weighted by atomic mass is 10.1. The van der Waals surface area contributed by atoms with Crippen molar-refractivity contribution < 1.29 is 9.13 Å². The summed E-state index contributed by atoms with van der Waals surface area (Å²) in [5.74, 6) is -0.165. The molecule has 6 heteroatoms. The predicted molar refractivity (Wildman–Crippen MR) is 70.7 cm³/mol. The highest BCUT2D eigenvalue weighted by atomic mass is 79.9. The molecular weight excluding hydrogens is 301 g/mol. The van der Waals surface area contributed by atoms with E-state index >= 15 is 0 Å². The standard InChI is InChI=1S/C12H13BrFN3O/c1-2-18-10-4-3-7(5-8(10)14)11-9(6-15)16-12(13)17-11/h3-5H,2,6,15H2,1H3,(H,16,17). The molecule has 0 fully saturated rings. The Balaban J connectivity index is 2.41. The first-order valence-electron chi connectivity index (χ1n) is 5.52. The first kappa shape index (κ1) is 13.0. The highest BCUT2D eigenvalue weighted by molar-refractivity contribution is 9.10. The Kier molecular flexibility index (Phi) is 3.98. The third-order valence-electron chi connectivity index (χ3n) is 2.46. The van der Waals surface area contributed by atoms with Crippen LogP contribution in [0.5, 0.6) is 5.75 Å². The minimum Gasteiger partial charge on any atom is -0.491 e. The van der Waals surface area contributed by atoms with E-state index in [0.717, 1.165) is 5.69 Å². The van der Waals surface area contributed by atoms with Gasteiger partial charge in [-0.25, -0.2) is 9.37 Å². The quantitative estimate of drug-likeness (QED) is 0.912. The molecule has 0 saturated heterocycles. The summed E-state index contributed by atoms with van der Waals surface area (Å²) in [6.45, 7) is 2.55. The van der Waals surface area contributed by atoms with Crippen molar-refractivity contribution in [3.63, 3.8) is 0 Å². The average molecular weight is 314 g/mol. The fourth-order valence-corrected chi connectivity index (χ4v) is 2.10. The smallest absolute Gasteiger partial charge is 0.175 e. The van der Waals surface area contributed by atoms with E-state index in [4.69, 9.17) is 10.5 Å². The van der Waals surface area contributed by atoms with Crippen LogP contribution in [-0.2, 0) is 6.54 Å². The zero-order valence-electron chi connectivity index (χ0n) is 9.84. The molecule has 0 spiro atoms. The molecule has 0 amide bonds. The Morgan fingerprint density at radius 1 is 1.50 bits per heavy atom. The molecule has 0 atom stereocenters. The van der Waals surface area contributed by atoms with Gasteiger partial charge in [-0.2, -0.15) is 0 Å². The van der Waals surface area contributed by atoms with Crippen molar-refractivity contribution in [3.8, 4) is 17.0 Å². The van der Waals surface area contributed by atoms with Crippen molar-refractivity contribution in [2.45, 2.75) is 13.5 Å². The van der Waals surface area contributed by atoms with Gasteiger partial charge in [0.25, 0.3) is 0 Å². The SMILES string of the molecule is CCOc1ccc(-c2nc(Br)[nH]c2CN)cc1F. The molecule has 0 aliphatic rings. The third-order valence-corrected chi connectivity index (χ3v) is 2.83. The Bertz CT molecular complexity index is 556. The van der Waals surface area contributed by atoms with Gasteiger partial charge in [0.2, 0.25) is 0 Å². The summed E-state index contributed by atoms with van der Waals surface area (Å²) in [6.07, 6.45) is 0. The van der Waals surface area contributed by atoms with Gasteiger partial charge < -0.3 is 15.5 Å². The second-order valence-electron chi connectivity index (χ2n) is 3.64. The van der Waals surface area contributed by atoms with Crippen molar-refractivity contribution >= 4 is 15.9 Å². The Morgan fingerprint density at radius 3 is 2.89 bits per heavy atom. The molecule has 2 aromatic rings. The number of benzene rings is 1. The zero-order chi connectivity index (χ0) is 13.1. The van der Waals surface area contributed by atoms with E-state index in [1.807, 2.05) is 6.92 Å². The number of ether oxygens (including phenoxy) is 1. The van der Waals surface area contributed by atoms with Crippen LogP contribution in [0.25, 0.3) is 11.3 Å². The number of imidazole rings is 1. The van der Waals surface area contributed by atoms with E-state index in [1.165, 1.54) is 6.07 Å². The van der Waals surface area contributed by atoms with Gasteiger partial charge in [-0.1, -0.05) is 0 Å². The molecule has 18 heavy (non-hydrogen) atoms. The molecule has 1 heterocycles. The van der Waals surface area contributed by atoms with E-state index in [0.29, 0.717) is 29.1 Å². The fraction of sp³-hybridized carbons (Fsp3) is 0.250. The van der Waals surface area contributed by atoms with Gasteiger partial charge >= 0.3 is 0 Å². The normalized spacial score (nSPS) is 10.7. The molecule has 4 nitrogen and oxygen atoms in total. The van der Waals surface area contributed by atoms with E-state index in [2.05, 4.69) is 25.9 Å². The molecule has 2 rings (SSSR count). The molecule has 96 valence electrons. The maximum Gasteiger partial charge on any atom is 0.175 e. The molecule has 3 N–H and O–H groups in total. The second kappa shape index (κ2) is 5.49. The van der Waals surface area contributed by atoms with Crippen LogP contribution in [0, 0.1) is 5.82 Å². The van der Waals surface area contributed by atoms with Crippen molar-refractivity contribution in [3.05, 3.63) is 34.4 Å². The Morgan fingerprint density at radius 2 is 2.28 bits per heavy atom. The van der Waals surface area contributed by atoms with Crippen molar-refractivity contribution in [2.24, 2.45) is 5.73 Å². The number of nitrogens with one attached hydrogen (secondary N) is 1. The summed E-state index contributed by atoms with van der Waals surface area (Å²) in [4.78, 5) is 7.22. The molecule has 1 aromatic carbocycles. The van der Waals surface area contributed by atoms with Crippen molar-refractivity contribution in [1.29, 1.82) is 0 Å². The summed E-state index contributed by atoms with van der Waals surface area (Å²) in [7, 11) is 0. The van der Waals surface area contributed by atoms with Crippen LogP contribution in [0.1, 0.15) is 12.6 Å². The minimum atomic E-state index is -0.406. The van der Waals surface area contributed by atoms with Crippen LogP contribution < -0.4 is 10.5 Å². The summed E-state index contributed by atoms with van der Waals surface area (Å²) < 4.78 is 19.5.